The van der Waals surface area contributed by atoms with Crippen molar-refractivity contribution in [2.45, 2.75) is 24.7 Å². The normalized spacial score (nSPS) is 17.3. The molecule has 0 aliphatic carbocycles. The van der Waals surface area contributed by atoms with Gasteiger partial charge >= 0.3 is 0 Å². The smallest absolute Gasteiger partial charge is 0.265 e. The Morgan fingerprint density at radius 3 is 2.76 bits per heavy atom. The summed E-state index contributed by atoms with van der Waals surface area (Å²) in [5, 5.41) is 9.66. The molecule has 1 aromatic heterocycles. The zero-order chi connectivity index (χ0) is 23.8. The van der Waals surface area contributed by atoms with Gasteiger partial charge < -0.3 is 10.2 Å². The van der Waals surface area contributed by atoms with Gasteiger partial charge in [-0.3, -0.25) is 4.79 Å². The van der Waals surface area contributed by atoms with Crippen LogP contribution >= 0.6 is 0 Å². The fourth-order valence-corrected chi connectivity index (χ4v) is 5.19. The van der Waals surface area contributed by atoms with Crippen LogP contribution < -0.4 is 10.2 Å². The molecule has 1 N–H and O–H groups in total. The number of hydrogen-bond acceptors (Lipinski definition) is 6. The fraction of sp³-hybridized carbons (Fsp3) is 0.350. The van der Waals surface area contributed by atoms with Crippen LogP contribution in [0.3, 0.4) is 0 Å². The molecule has 1 saturated heterocycles. The number of nitrogens with zero attached hydrogens (tertiary/aromatic N) is 4. The van der Waals surface area contributed by atoms with Crippen molar-refractivity contribution in [2.75, 3.05) is 25.0 Å². The zero-order valence-electron chi connectivity index (χ0n) is 17.5. The average molecular weight is 483 g/mol. The zero-order valence-corrected chi connectivity index (χ0v) is 18.3. The molecule has 0 bridgehead atoms. The van der Waals surface area contributed by atoms with Crippen molar-refractivity contribution in [3.05, 3.63) is 47.8 Å². The third kappa shape index (κ3) is 4.64. The second kappa shape index (κ2) is 8.98. The molecule has 4 rings (SSSR count). The molecule has 1 fully saturated rings. The number of fused-ring (bicyclic) bond motifs is 1. The third-order valence-electron chi connectivity index (χ3n) is 5.27. The topological polar surface area (TPSA) is 106 Å². The Hall–Kier alpha value is -3.19. The largest absolute Gasteiger partial charge is 0.385 e. The Kier molecular flexibility index (Phi) is 6.26. The summed E-state index contributed by atoms with van der Waals surface area (Å²) in [5.41, 5.74) is -0.0314. The number of aromatic nitrogens is 3. The van der Waals surface area contributed by atoms with Crippen molar-refractivity contribution in [3.8, 4) is 0 Å². The number of benzene rings is 2. The van der Waals surface area contributed by atoms with E-state index in [1.54, 1.807) is 0 Å². The molecule has 3 aromatic rings. The molecular formula is C20H20F3N5O4S. The summed E-state index contributed by atoms with van der Waals surface area (Å²) in [6, 6.07) is 5.78. The number of rotatable bonds is 6. The molecule has 2 aromatic carbocycles. The molecule has 0 radical (unpaired) electrons. The van der Waals surface area contributed by atoms with Crippen molar-refractivity contribution >= 4 is 32.7 Å². The minimum Gasteiger partial charge on any atom is -0.385 e. The molecule has 0 spiro atoms. The van der Waals surface area contributed by atoms with Gasteiger partial charge in [-0.25, -0.2) is 21.6 Å². The second-order valence-electron chi connectivity index (χ2n) is 7.77. The summed E-state index contributed by atoms with van der Waals surface area (Å²) >= 11 is 0. The van der Waals surface area contributed by atoms with Gasteiger partial charge in [0.05, 0.1) is 10.6 Å². The van der Waals surface area contributed by atoms with Gasteiger partial charge in [-0.05, 0) is 54.3 Å². The van der Waals surface area contributed by atoms with Crippen LogP contribution in [0.5, 0.6) is 0 Å². The lowest BCUT2D eigenvalue weighted by Crippen LogP contribution is -2.39. The van der Waals surface area contributed by atoms with E-state index in [1.807, 2.05) is 6.92 Å². The van der Waals surface area contributed by atoms with Gasteiger partial charge in [0.2, 0.25) is 10.0 Å². The lowest BCUT2D eigenvalue weighted by Gasteiger charge is -2.30. The first-order chi connectivity index (χ1) is 15.7. The Morgan fingerprint density at radius 2 is 2.00 bits per heavy atom. The highest BCUT2D eigenvalue weighted by Crippen LogP contribution is 2.25. The number of nitrogens with one attached hydrogen (secondary N) is 1. The molecule has 1 atom stereocenters. The molecule has 1 unspecified atom stereocenters. The molecule has 176 valence electrons. The average Bonchev–Trinajstić information content (AvgIpc) is 3.20. The maximum absolute atomic E-state index is 13.7. The number of anilines is 1. The van der Waals surface area contributed by atoms with E-state index in [0.29, 0.717) is 24.7 Å². The van der Waals surface area contributed by atoms with E-state index in [0.717, 1.165) is 23.8 Å². The SMILES string of the molecule is CC1CCCN(S(=O)(=O)c2ccc3nnn(OCC(=O)Nc4ccc(F)c(F)c4F)c3c2)C1. The lowest BCUT2D eigenvalue weighted by molar-refractivity contribution is -0.121. The van der Waals surface area contributed by atoms with Gasteiger partial charge in [-0.1, -0.05) is 11.8 Å². The number of piperidine rings is 1. The molecule has 1 aliphatic heterocycles. The van der Waals surface area contributed by atoms with E-state index in [1.165, 1.54) is 22.5 Å². The van der Waals surface area contributed by atoms with Crippen LogP contribution in [0.25, 0.3) is 11.0 Å². The summed E-state index contributed by atoms with van der Waals surface area (Å²) in [5.74, 6) is -5.27. The van der Waals surface area contributed by atoms with Crippen LogP contribution in [0.2, 0.25) is 0 Å². The number of hydrogen-bond donors (Lipinski definition) is 1. The van der Waals surface area contributed by atoms with E-state index in [4.69, 9.17) is 4.84 Å². The van der Waals surface area contributed by atoms with Gasteiger partial charge in [0.25, 0.3) is 5.91 Å². The van der Waals surface area contributed by atoms with Gasteiger partial charge in [0.1, 0.15) is 11.0 Å². The molecule has 33 heavy (non-hydrogen) atoms. The minimum absolute atomic E-state index is 0.0320. The monoisotopic (exact) mass is 483 g/mol. The van der Waals surface area contributed by atoms with Gasteiger partial charge in [0.15, 0.2) is 24.1 Å². The second-order valence-corrected chi connectivity index (χ2v) is 9.71. The van der Waals surface area contributed by atoms with Crippen molar-refractivity contribution < 1.29 is 31.2 Å². The third-order valence-corrected chi connectivity index (χ3v) is 7.13. The summed E-state index contributed by atoms with van der Waals surface area (Å²) < 4.78 is 67.6. The van der Waals surface area contributed by atoms with Crippen LogP contribution in [0.15, 0.2) is 35.2 Å². The number of carbonyl (C=O) groups is 1. The van der Waals surface area contributed by atoms with Crippen LogP contribution in [-0.2, 0) is 14.8 Å². The molecule has 1 aliphatic rings. The first-order valence-electron chi connectivity index (χ1n) is 10.1. The highest BCUT2D eigenvalue weighted by Gasteiger charge is 2.29. The number of sulfonamides is 1. The molecular weight excluding hydrogens is 463 g/mol. The Morgan fingerprint density at radius 1 is 1.21 bits per heavy atom. The standard InChI is InChI=1S/C20H20F3N5O4S/c1-12-3-2-8-27(10-12)33(30,31)13-4-6-15-17(9-13)28(26-25-15)32-11-18(29)24-16-7-5-14(21)19(22)20(16)23/h4-7,9,12H,2-3,8,10-11H2,1H3,(H,24,29). The maximum Gasteiger partial charge on any atom is 0.265 e. The van der Waals surface area contributed by atoms with E-state index in [9.17, 15) is 26.4 Å². The molecule has 1 amide bonds. The summed E-state index contributed by atoms with van der Waals surface area (Å²) in [4.78, 5) is 18.2. The van der Waals surface area contributed by atoms with E-state index >= 15 is 0 Å². The van der Waals surface area contributed by atoms with E-state index in [2.05, 4.69) is 15.6 Å². The fourth-order valence-electron chi connectivity index (χ4n) is 3.58. The molecule has 9 nitrogen and oxygen atoms in total. The Balaban J connectivity index is 1.50. The number of amides is 1. The van der Waals surface area contributed by atoms with Crippen molar-refractivity contribution in [1.29, 1.82) is 0 Å². The van der Waals surface area contributed by atoms with Gasteiger partial charge in [-0.15, -0.1) is 5.10 Å². The summed E-state index contributed by atoms with van der Waals surface area (Å²) in [6.45, 7) is 2.17. The molecule has 13 heteroatoms. The van der Waals surface area contributed by atoms with Crippen LogP contribution in [0.4, 0.5) is 18.9 Å². The first-order valence-corrected chi connectivity index (χ1v) is 11.5. The van der Waals surface area contributed by atoms with Gasteiger partial charge in [0, 0.05) is 13.1 Å². The predicted octanol–water partition coefficient (Wildman–Crippen LogP) is 2.34. The van der Waals surface area contributed by atoms with E-state index in [-0.39, 0.29) is 16.3 Å². The molecule has 0 saturated carbocycles. The Labute approximate surface area is 187 Å². The highest BCUT2D eigenvalue weighted by molar-refractivity contribution is 7.89. The van der Waals surface area contributed by atoms with Gasteiger partial charge in [-0.2, -0.15) is 4.31 Å². The van der Waals surface area contributed by atoms with Crippen molar-refractivity contribution in [3.63, 3.8) is 0 Å². The van der Waals surface area contributed by atoms with Crippen molar-refractivity contribution in [2.24, 2.45) is 5.92 Å². The summed E-state index contributed by atoms with van der Waals surface area (Å²) in [7, 11) is -3.74. The quantitative estimate of drug-likeness (QED) is 0.540. The highest BCUT2D eigenvalue weighted by atomic mass is 32.2. The Bertz CT molecular complexity index is 1310. The number of halogens is 3. The van der Waals surface area contributed by atoms with Crippen LogP contribution in [0.1, 0.15) is 19.8 Å². The van der Waals surface area contributed by atoms with Crippen molar-refractivity contribution in [1.82, 2.24) is 19.5 Å². The van der Waals surface area contributed by atoms with Crippen LogP contribution in [-0.4, -0.2) is 53.5 Å². The predicted molar refractivity (Wildman–Crippen MR) is 111 cm³/mol. The maximum atomic E-state index is 13.7. The molecule has 2 heterocycles. The number of carbonyl (C=O) groups excluding carboxylic acids is 1. The summed E-state index contributed by atoms with van der Waals surface area (Å²) in [6.07, 6.45) is 1.74. The minimum atomic E-state index is -3.74. The van der Waals surface area contributed by atoms with Crippen LogP contribution in [0, 0.1) is 23.4 Å². The van der Waals surface area contributed by atoms with E-state index < -0.39 is 45.7 Å². The lowest BCUT2D eigenvalue weighted by atomic mass is 10.0. The first kappa shape index (κ1) is 23.0.